The fourth-order valence-electron chi connectivity index (χ4n) is 3.59. The Hall–Kier alpha value is -2.70. The van der Waals surface area contributed by atoms with Crippen LogP contribution in [0.15, 0.2) is 54.7 Å². The molecule has 0 aliphatic heterocycles. The zero-order valence-corrected chi connectivity index (χ0v) is 17.2. The zero-order chi connectivity index (χ0) is 20.6. The monoisotopic (exact) mass is 428 g/mol. The summed E-state index contributed by atoms with van der Waals surface area (Å²) in [6.07, 6.45) is 6.23. The number of halogens is 2. The van der Waals surface area contributed by atoms with E-state index in [0.29, 0.717) is 10.6 Å². The van der Waals surface area contributed by atoms with Gasteiger partial charge in [0, 0.05) is 16.8 Å². The average molecular weight is 429 g/mol. The molecular weight excluding hydrogens is 411 g/mol. The van der Waals surface area contributed by atoms with Crippen LogP contribution < -0.4 is 4.72 Å². The number of hydrogen-bond acceptors (Lipinski definition) is 3. The molecule has 0 saturated carbocycles. The molecule has 0 saturated heterocycles. The molecule has 1 aromatic heterocycles. The SMILES string of the molecule is CS(=O)(=O)Nc1cc(F)cc(/C=C2\c3ccc(Cl)cc3CCc3cccnc32)c1. The summed E-state index contributed by atoms with van der Waals surface area (Å²) in [5, 5.41) is 0.660. The van der Waals surface area contributed by atoms with Crippen molar-refractivity contribution in [1.82, 2.24) is 4.98 Å². The van der Waals surface area contributed by atoms with E-state index in [2.05, 4.69) is 9.71 Å². The Morgan fingerprint density at radius 2 is 1.90 bits per heavy atom. The summed E-state index contributed by atoms with van der Waals surface area (Å²) in [6, 6.07) is 13.8. The van der Waals surface area contributed by atoms with Crippen molar-refractivity contribution in [3.05, 3.63) is 93.5 Å². The molecule has 7 heteroatoms. The maximum atomic E-state index is 14.2. The van der Waals surface area contributed by atoms with Crippen molar-refractivity contribution in [3.63, 3.8) is 0 Å². The number of pyridine rings is 1. The molecule has 0 unspecified atom stereocenters. The van der Waals surface area contributed by atoms with Gasteiger partial charge in [-0.2, -0.15) is 0 Å². The molecule has 29 heavy (non-hydrogen) atoms. The van der Waals surface area contributed by atoms with Gasteiger partial charge in [0.2, 0.25) is 10.0 Å². The van der Waals surface area contributed by atoms with Crippen LogP contribution in [0.5, 0.6) is 0 Å². The molecule has 0 amide bonds. The molecule has 0 spiro atoms. The van der Waals surface area contributed by atoms with Gasteiger partial charge in [-0.3, -0.25) is 9.71 Å². The first kappa shape index (κ1) is 19.6. The van der Waals surface area contributed by atoms with Gasteiger partial charge in [-0.1, -0.05) is 23.7 Å². The number of hydrogen-bond donors (Lipinski definition) is 1. The van der Waals surface area contributed by atoms with Gasteiger partial charge in [-0.05, 0) is 77.6 Å². The van der Waals surface area contributed by atoms with Crippen LogP contribution in [0.3, 0.4) is 0 Å². The molecule has 0 atom stereocenters. The summed E-state index contributed by atoms with van der Waals surface area (Å²) in [5.74, 6) is -0.531. The Morgan fingerprint density at radius 3 is 2.69 bits per heavy atom. The van der Waals surface area contributed by atoms with Gasteiger partial charge in [0.25, 0.3) is 0 Å². The molecule has 4 nitrogen and oxygen atoms in total. The minimum absolute atomic E-state index is 0.172. The van der Waals surface area contributed by atoms with Crippen molar-refractivity contribution in [1.29, 1.82) is 0 Å². The predicted molar refractivity (Wildman–Crippen MR) is 115 cm³/mol. The lowest BCUT2D eigenvalue weighted by Gasteiger charge is -2.12. The first-order valence-corrected chi connectivity index (χ1v) is 11.3. The topological polar surface area (TPSA) is 59.1 Å². The second-order valence-electron chi connectivity index (χ2n) is 7.02. The number of rotatable bonds is 3. The molecular formula is C22H18ClFN2O2S. The molecule has 2 aromatic carbocycles. The number of aryl methyl sites for hydroxylation is 2. The Morgan fingerprint density at radius 1 is 1.10 bits per heavy atom. The van der Waals surface area contributed by atoms with Crippen molar-refractivity contribution < 1.29 is 12.8 Å². The van der Waals surface area contributed by atoms with Gasteiger partial charge in [-0.15, -0.1) is 0 Å². The number of benzene rings is 2. The second-order valence-corrected chi connectivity index (χ2v) is 9.20. The summed E-state index contributed by atoms with van der Waals surface area (Å²) in [4.78, 5) is 4.58. The van der Waals surface area contributed by atoms with E-state index in [9.17, 15) is 12.8 Å². The molecule has 0 bridgehead atoms. The average Bonchev–Trinajstić information content (AvgIpc) is 2.77. The Bertz CT molecular complexity index is 1240. The highest BCUT2D eigenvalue weighted by atomic mass is 35.5. The molecule has 1 heterocycles. The number of sulfonamides is 1. The van der Waals surface area contributed by atoms with Crippen LogP contribution in [-0.2, 0) is 22.9 Å². The largest absolute Gasteiger partial charge is 0.284 e. The van der Waals surface area contributed by atoms with Crippen molar-refractivity contribution in [2.75, 3.05) is 11.0 Å². The summed E-state index contributed by atoms with van der Waals surface area (Å²) in [7, 11) is -3.52. The van der Waals surface area contributed by atoms with E-state index in [4.69, 9.17) is 11.6 Å². The van der Waals surface area contributed by atoms with Gasteiger partial charge >= 0.3 is 0 Å². The number of nitrogens with zero attached hydrogens (tertiary/aromatic N) is 1. The summed E-state index contributed by atoms with van der Waals surface area (Å²) < 4.78 is 39.6. The van der Waals surface area contributed by atoms with Crippen LogP contribution in [-0.4, -0.2) is 19.7 Å². The van der Waals surface area contributed by atoms with Crippen molar-refractivity contribution in [2.45, 2.75) is 12.8 Å². The van der Waals surface area contributed by atoms with Crippen molar-refractivity contribution in [2.24, 2.45) is 0 Å². The highest BCUT2D eigenvalue weighted by Crippen LogP contribution is 2.35. The molecule has 1 aliphatic rings. The Labute approximate surface area is 174 Å². The van der Waals surface area contributed by atoms with E-state index < -0.39 is 15.8 Å². The minimum atomic E-state index is -3.52. The number of anilines is 1. The van der Waals surface area contributed by atoms with Crippen LogP contribution in [0.2, 0.25) is 5.02 Å². The third-order valence-corrected chi connectivity index (χ3v) is 5.54. The van der Waals surface area contributed by atoms with Crippen LogP contribution in [0.25, 0.3) is 11.6 Å². The highest BCUT2D eigenvalue weighted by molar-refractivity contribution is 7.92. The Balaban J connectivity index is 1.91. The lowest BCUT2D eigenvalue weighted by molar-refractivity contribution is 0.606. The maximum Gasteiger partial charge on any atom is 0.229 e. The van der Waals surface area contributed by atoms with Gasteiger partial charge < -0.3 is 0 Å². The maximum absolute atomic E-state index is 14.2. The smallest absolute Gasteiger partial charge is 0.229 e. The van der Waals surface area contributed by atoms with Gasteiger partial charge in [-0.25, -0.2) is 12.8 Å². The van der Waals surface area contributed by atoms with Crippen molar-refractivity contribution >= 4 is 39.0 Å². The summed E-state index contributed by atoms with van der Waals surface area (Å²) in [6.45, 7) is 0. The van der Waals surface area contributed by atoms with E-state index in [1.54, 1.807) is 12.3 Å². The summed E-state index contributed by atoms with van der Waals surface area (Å²) in [5.41, 5.74) is 5.55. The first-order chi connectivity index (χ1) is 13.8. The Kier molecular flexibility index (Phi) is 5.15. The van der Waals surface area contributed by atoms with E-state index in [0.717, 1.165) is 53.1 Å². The highest BCUT2D eigenvalue weighted by Gasteiger charge is 2.19. The molecule has 4 rings (SSSR count). The van der Waals surface area contributed by atoms with Crippen LogP contribution in [0.4, 0.5) is 10.1 Å². The number of aromatic nitrogens is 1. The van der Waals surface area contributed by atoms with E-state index in [-0.39, 0.29) is 5.69 Å². The van der Waals surface area contributed by atoms with Gasteiger partial charge in [0.05, 0.1) is 17.6 Å². The molecule has 148 valence electrons. The van der Waals surface area contributed by atoms with Gasteiger partial charge in [0.1, 0.15) is 5.82 Å². The predicted octanol–water partition coefficient (Wildman–Crippen LogP) is 4.93. The third-order valence-electron chi connectivity index (χ3n) is 4.70. The lowest BCUT2D eigenvalue weighted by atomic mass is 9.95. The normalized spacial score (nSPS) is 14.8. The summed E-state index contributed by atoms with van der Waals surface area (Å²) >= 11 is 6.20. The lowest BCUT2D eigenvalue weighted by Crippen LogP contribution is -2.09. The molecule has 0 fully saturated rings. The fraction of sp³-hybridized carbons (Fsp3) is 0.136. The van der Waals surface area contributed by atoms with E-state index in [1.165, 1.54) is 6.07 Å². The third kappa shape index (κ3) is 4.49. The standard InChI is InChI=1S/C22H18ClFN2O2S/c1-29(27,28)26-19-10-14(9-18(24)13-19)11-21-20-7-6-17(23)12-16(20)5-4-15-3-2-8-25-22(15)21/h2-3,6-13,26H,4-5H2,1H3/b21-11+. The molecule has 0 radical (unpaired) electrons. The van der Waals surface area contributed by atoms with Crippen molar-refractivity contribution in [3.8, 4) is 0 Å². The molecule has 3 aromatic rings. The minimum Gasteiger partial charge on any atom is -0.284 e. The van der Waals surface area contributed by atoms with E-state index in [1.807, 2.05) is 36.4 Å². The quantitative estimate of drug-likeness (QED) is 0.643. The van der Waals surface area contributed by atoms with Crippen LogP contribution >= 0.6 is 11.6 Å². The molecule has 1 aliphatic carbocycles. The van der Waals surface area contributed by atoms with E-state index >= 15 is 0 Å². The molecule has 1 N–H and O–H groups in total. The second kappa shape index (κ2) is 7.61. The number of fused-ring (bicyclic) bond motifs is 2. The van der Waals surface area contributed by atoms with Crippen LogP contribution in [0.1, 0.15) is 27.9 Å². The zero-order valence-electron chi connectivity index (χ0n) is 15.6. The van der Waals surface area contributed by atoms with Gasteiger partial charge in [0.15, 0.2) is 0 Å². The number of nitrogens with one attached hydrogen (secondary N) is 1. The fourth-order valence-corrected chi connectivity index (χ4v) is 4.33. The first-order valence-electron chi connectivity index (χ1n) is 9.02. The van der Waals surface area contributed by atoms with Crippen LogP contribution in [0, 0.1) is 5.82 Å².